The third-order valence-corrected chi connectivity index (χ3v) is 3.96. The predicted molar refractivity (Wildman–Crippen MR) is 82.6 cm³/mol. The Balaban J connectivity index is 1.85. The third-order valence-electron chi connectivity index (χ3n) is 3.96. The van der Waals surface area contributed by atoms with Crippen LogP contribution in [0.25, 0.3) is 0 Å². The van der Waals surface area contributed by atoms with Gasteiger partial charge in [-0.25, -0.2) is 4.79 Å². The number of hydrogen-bond acceptors (Lipinski definition) is 1. The van der Waals surface area contributed by atoms with E-state index in [0.717, 1.165) is 32.4 Å². The van der Waals surface area contributed by atoms with E-state index in [9.17, 15) is 4.79 Å². The number of fused-ring (bicyclic) bond motifs is 1. The first-order valence-electron chi connectivity index (χ1n) is 7.68. The number of amides is 2. The number of hydrogen-bond donors (Lipinski definition) is 1. The summed E-state index contributed by atoms with van der Waals surface area (Å²) in [4.78, 5) is 14.2. The van der Waals surface area contributed by atoms with E-state index >= 15 is 0 Å². The third kappa shape index (κ3) is 3.99. The molecule has 1 aromatic rings. The Kier molecular flexibility index (Phi) is 5.05. The summed E-state index contributed by atoms with van der Waals surface area (Å²) in [6, 6.07) is 8.73. The Labute approximate surface area is 122 Å². The standard InChI is InChI=1S/C17H26N2O/c1-13(2)8-9-14(3)18-17(20)19-11-10-15-6-4-5-7-16(15)12-19/h4-7,13-14H,8-12H2,1-3H3,(H,18,20). The highest BCUT2D eigenvalue weighted by Gasteiger charge is 2.21. The fourth-order valence-electron chi connectivity index (χ4n) is 2.63. The molecule has 1 heterocycles. The minimum atomic E-state index is 0.0794. The van der Waals surface area contributed by atoms with Crippen molar-refractivity contribution in [2.45, 2.75) is 52.6 Å². The van der Waals surface area contributed by atoms with E-state index in [4.69, 9.17) is 0 Å². The molecule has 0 saturated heterocycles. The molecule has 2 rings (SSSR count). The monoisotopic (exact) mass is 274 g/mol. The average Bonchev–Trinajstić information content (AvgIpc) is 2.44. The molecule has 20 heavy (non-hydrogen) atoms. The predicted octanol–water partition coefficient (Wildman–Crippen LogP) is 3.58. The van der Waals surface area contributed by atoms with Crippen molar-refractivity contribution in [1.82, 2.24) is 10.2 Å². The maximum Gasteiger partial charge on any atom is 0.317 e. The molecular formula is C17H26N2O. The SMILES string of the molecule is CC(C)CCC(C)NC(=O)N1CCc2ccccc2C1. The highest BCUT2D eigenvalue weighted by molar-refractivity contribution is 5.74. The van der Waals surface area contributed by atoms with E-state index < -0.39 is 0 Å². The fourth-order valence-corrected chi connectivity index (χ4v) is 2.63. The first-order chi connectivity index (χ1) is 9.56. The maximum absolute atomic E-state index is 12.3. The van der Waals surface area contributed by atoms with Crippen LogP contribution < -0.4 is 5.32 Å². The van der Waals surface area contributed by atoms with E-state index in [0.29, 0.717) is 5.92 Å². The van der Waals surface area contributed by atoms with Gasteiger partial charge in [-0.05, 0) is 43.2 Å². The summed E-state index contributed by atoms with van der Waals surface area (Å²) in [5, 5.41) is 3.12. The average molecular weight is 274 g/mol. The van der Waals surface area contributed by atoms with Crippen molar-refractivity contribution < 1.29 is 4.79 Å². The summed E-state index contributed by atoms with van der Waals surface area (Å²) >= 11 is 0. The Bertz CT molecular complexity index is 456. The summed E-state index contributed by atoms with van der Waals surface area (Å²) in [6.45, 7) is 8.09. The molecule has 0 spiro atoms. The molecule has 0 fully saturated rings. The lowest BCUT2D eigenvalue weighted by Crippen LogP contribution is -2.45. The highest BCUT2D eigenvalue weighted by atomic mass is 16.2. The normalized spacial score (nSPS) is 15.9. The van der Waals surface area contributed by atoms with E-state index in [1.54, 1.807) is 0 Å². The maximum atomic E-state index is 12.3. The second-order valence-electron chi connectivity index (χ2n) is 6.26. The van der Waals surface area contributed by atoms with E-state index in [-0.39, 0.29) is 12.1 Å². The highest BCUT2D eigenvalue weighted by Crippen LogP contribution is 2.18. The van der Waals surface area contributed by atoms with Gasteiger partial charge in [0.1, 0.15) is 0 Å². The lowest BCUT2D eigenvalue weighted by Gasteiger charge is -2.30. The molecule has 0 bridgehead atoms. The Morgan fingerprint density at radius 3 is 2.60 bits per heavy atom. The van der Waals surface area contributed by atoms with Crippen molar-refractivity contribution in [3.63, 3.8) is 0 Å². The van der Waals surface area contributed by atoms with Crippen LogP contribution in [-0.2, 0) is 13.0 Å². The largest absolute Gasteiger partial charge is 0.336 e. The second-order valence-corrected chi connectivity index (χ2v) is 6.26. The van der Waals surface area contributed by atoms with Crippen LogP contribution >= 0.6 is 0 Å². The van der Waals surface area contributed by atoms with Gasteiger partial charge in [-0.2, -0.15) is 0 Å². The van der Waals surface area contributed by atoms with Crippen molar-refractivity contribution in [3.8, 4) is 0 Å². The summed E-state index contributed by atoms with van der Waals surface area (Å²) in [5.41, 5.74) is 2.66. The van der Waals surface area contributed by atoms with Crippen LogP contribution in [-0.4, -0.2) is 23.5 Å². The van der Waals surface area contributed by atoms with Crippen LogP contribution in [0.2, 0.25) is 0 Å². The van der Waals surface area contributed by atoms with Gasteiger partial charge >= 0.3 is 6.03 Å². The topological polar surface area (TPSA) is 32.3 Å². The van der Waals surface area contributed by atoms with E-state index in [1.807, 2.05) is 11.0 Å². The molecular weight excluding hydrogens is 248 g/mol. The molecule has 0 aliphatic carbocycles. The Morgan fingerprint density at radius 1 is 1.20 bits per heavy atom. The number of urea groups is 1. The number of rotatable bonds is 4. The van der Waals surface area contributed by atoms with Gasteiger partial charge in [0.05, 0.1) is 0 Å². The van der Waals surface area contributed by atoms with Gasteiger partial charge in [0.25, 0.3) is 0 Å². The van der Waals surface area contributed by atoms with Gasteiger partial charge in [-0.1, -0.05) is 38.1 Å². The second kappa shape index (κ2) is 6.78. The van der Waals surface area contributed by atoms with Crippen molar-refractivity contribution in [2.24, 2.45) is 5.92 Å². The molecule has 0 aromatic heterocycles. The van der Waals surface area contributed by atoms with E-state index in [1.165, 1.54) is 11.1 Å². The smallest absolute Gasteiger partial charge is 0.317 e. The van der Waals surface area contributed by atoms with Crippen molar-refractivity contribution >= 4 is 6.03 Å². The number of carbonyl (C=O) groups is 1. The summed E-state index contributed by atoms with van der Waals surface area (Å²) < 4.78 is 0. The van der Waals surface area contributed by atoms with Gasteiger partial charge in [0, 0.05) is 19.1 Å². The van der Waals surface area contributed by atoms with Crippen molar-refractivity contribution in [1.29, 1.82) is 0 Å². The molecule has 1 N–H and O–H groups in total. The van der Waals surface area contributed by atoms with Crippen LogP contribution in [0, 0.1) is 5.92 Å². The van der Waals surface area contributed by atoms with Gasteiger partial charge in [0.15, 0.2) is 0 Å². The van der Waals surface area contributed by atoms with Gasteiger partial charge in [-0.3, -0.25) is 0 Å². The number of nitrogens with one attached hydrogen (secondary N) is 1. The van der Waals surface area contributed by atoms with Crippen LogP contribution in [0.4, 0.5) is 4.79 Å². The molecule has 1 aromatic carbocycles. The summed E-state index contributed by atoms with van der Waals surface area (Å²) in [5.74, 6) is 0.691. The Hall–Kier alpha value is -1.51. The number of nitrogens with zero attached hydrogens (tertiary/aromatic N) is 1. The minimum absolute atomic E-state index is 0.0794. The van der Waals surface area contributed by atoms with Crippen LogP contribution in [0.5, 0.6) is 0 Å². The molecule has 1 atom stereocenters. The van der Waals surface area contributed by atoms with Crippen LogP contribution in [0.1, 0.15) is 44.7 Å². The fraction of sp³-hybridized carbons (Fsp3) is 0.588. The lowest BCUT2D eigenvalue weighted by atomic mass is 10.0. The molecule has 2 amide bonds. The molecule has 0 saturated carbocycles. The Morgan fingerprint density at radius 2 is 1.90 bits per heavy atom. The zero-order valence-electron chi connectivity index (χ0n) is 12.9. The zero-order valence-corrected chi connectivity index (χ0v) is 12.9. The molecule has 1 aliphatic heterocycles. The first-order valence-corrected chi connectivity index (χ1v) is 7.68. The molecule has 3 nitrogen and oxygen atoms in total. The molecule has 1 unspecified atom stereocenters. The van der Waals surface area contributed by atoms with Gasteiger partial charge in [0.2, 0.25) is 0 Å². The summed E-state index contributed by atoms with van der Waals surface area (Å²) in [6.07, 6.45) is 3.17. The lowest BCUT2D eigenvalue weighted by molar-refractivity contribution is 0.188. The summed E-state index contributed by atoms with van der Waals surface area (Å²) in [7, 11) is 0. The first kappa shape index (κ1) is 14.9. The quantitative estimate of drug-likeness (QED) is 0.894. The molecule has 110 valence electrons. The minimum Gasteiger partial charge on any atom is -0.336 e. The van der Waals surface area contributed by atoms with Crippen molar-refractivity contribution in [3.05, 3.63) is 35.4 Å². The van der Waals surface area contributed by atoms with Gasteiger partial charge in [-0.15, -0.1) is 0 Å². The van der Waals surface area contributed by atoms with Crippen LogP contribution in [0.15, 0.2) is 24.3 Å². The number of carbonyl (C=O) groups excluding carboxylic acids is 1. The van der Waals surface area contributed by atoms with E-state index in [2.05, 4.69) is 44.3 Å². The molecule has 0 radical (unpaired) electrons. The van der Waals surface area contributed by atoms with Crippen molar-refractivity contribution in [2.75, 3.05) is 6.54 Å². The van der Waals surface area contributed by atoms with Crippen LogP contribution in [0.3, 0.4) is 0 Å². The molecule has 1 aliphatic rings. The zero-order chi connectivity index (χ0) is 14.5. The molecule has 3 heteroatoms. The number of benzene rings is 1. The van der Waals surface area contributed by atoms with Gasteiger partial charge < -0.3 is 10.2 Å².